The molecule has 2 amide bonds. The van der Waals surface area contributed by atoms with Gasteiger partial charge in [0.2, 0.25) is 5.91 Å². The van der Waals surface area contributed by atoms with E-state index < -0.39 is 0 Å². The average molecular weight is 248 g/mol. The van der Waals surface area contributed by atoms with Gasteiger partial charge in [0.1, 0.15) is 18.2 Å². The summed E-state index contributed by atoms with van der Waals surface area (Å²) in [6, 6.07) is 1.44. The highest BCUT2D eigenvalue weighted by molar-refractivity contribution is 6.01. The Morgan fingerprint density at radius 3 is 2.94 bits per heavy atom. The van der Waals surface area contributed by atoms with Gasteiger partial charge in [-0.25, -0.2) is 9.97 Å². The summed E-state index contributed by atoms with van der Waals surface area (Å²) < 4.78 is 0. The van der Waals surface area contributed by atoms with E-state index in [-0.39, 0.29) is 17.9 Å². The SMILES string of the molecule is CCc1cc(NC2CCC(=O)N(C)C2=O)ncn1. The maximum atomic E-state index is 11.9. The van der Waals surface area contributed by atoms with Gasteiger partial charge in [-0.1, -0.05) is 6.92 Å². The molecule has 6 nitrogen and oxygen atoms in total. The first-order valence-electron chi connectivity index (χ1n) is 5.99. The minimum absolute atomic E-state index is 0.130. The number of likely N-dealkylation sites (N-methyl/N-ethyl adjacent to an activating group) is 1. The summed E-state index contributed by atoms with van der Waals surface area (Å²) in [6.45, 7) is 2.00. The zero-order valence-corrected chi connectivity index (χ0v) is 10.5. The lowest BCUT2D eigenvalue weighted by molar-refractivity contribution is -0.146. The molecule has 1 aromatic heterocycles. The number of carbonyl (C=O) groups is 2. The minimum atomic E-state index is -0.382. The van der Waals surface area contributed by atoms with Crippen LogP contribution in [0.1, 0.15) is 25.5 Å². The second kappa shape index (κ2) is 5.12. The molecule has 0 bridgehead atoms. The molecule has 0 aromatic carbocycles. The van der Waals surface area contributed by atoms with E-state index in [4.69, 9.17) is 0 Å². The van der Waals surface area contributed by atoms with Crippen LogP contribution in [0.4, 0.5) is 5.82 Å². The molecule has 1 unspecified atom stereocenters. The second-order valence-electron chi connectivity index (χ2n) is 4.27. The van der Waals surface area contributed by atoms with Gasteiger partial charge in [0.15, 0.2) is 0 Å². The van der Waals surface area contributed by atoms with Crippen LogP contribution < -0.4 is 5.32 Å². The van der Waals surface area contributed by atoms with E-state index in [0.717, 1.165) is 12.1 Å². The van der Waals surface area contributed by atoms with E-state index in [9.17, 15) is 9.59 Å². The molecule has 96 valence electrons. The quantitative estimate of drug-likeness (QED) is 0.793. The Morgan fingerprint density at radius 1 is 1.44 bits per heavy atom. The van der Waals surface area contributed by atoms with Crippen molar-refractivity contribution in [3.63, 3.8) is 0 Å². The van der Waals surface area contributed by atoms with Crippen LogP contribution >= 0.6 is 0 Å². The zero-order valence-electron chi connectivity index (χ0n) is 10.5. The molecule has 1 aliphatic heterocycles. The number of aromatic nitrogens is 2. The number of rotatable bonds is 3. The molecule has 2 heterocycles. The number of hydrogen-bond acceptors (Lipinski definition) is 5. The molecule has 2 rings (SSSR count). The molecular weight excluding hydrogens is 232 g/mol. The van der Waals surface area contributed by atoms with Gasteiger partial charge < -0.3 is 5.32 Å². The van der Waals surface area contributed by atoms with Crippen molar-refractivity contribution in [1.29, 1.82) is 0 Å². The molecule has 1 aliphatic rings. The smallest absolute Gasteiger partial charge is 0.251 e. The van der Waals surface area contributed by atoms with Gasteiger partial charge in [0.25, 0.3) is 5.91 Å². The Labute approximate surface area is 105 Å². The number of amides is 2. The maximum absolute atomic E-state index is 11.9. The van der Waals surface area contributed by atoms with Crippen LogP contribution in [0.2, 0.25) is 0 Å². The summed E-state index contributed by atoms with van der Waals surface area (Å²) in [5.74, 6) is 0.292. The molecule has 0 spiro atoms. The van der Waals surface area contributed by atoms with Gasteiger partial charge in [0, 0.05) is 25.2 Å². The lowest BCUT2D eigenvalue weighted by atomic mass is 10.0. The summed E-state index contributed by atoms with van der Waals surface area (Å²) in [5.41, 5.74) is 0.917. The van der Waals surface area contributed by atoms with Gasteiger partial charge in [-0.2, -0.15) is 0 Å². The highest BCUT2D eigenvalue weighted by Crippen LogP contribution is 2.16. The van der Waals surface area contributed by atoms with Crippen LogP contribution in [0.3, 0.4) is 0 Å². The zero-order chi connectivity index (χ0) is 13.1. The van der Waals surface area contributed by atoms with Crippen molar-refractivity contribution in [1.82, 2.24) is 14.9 Å². The van der Waals surface area contributed by atoms with Crippen LogP contribution in [0.5, 0.6) is 0 Å². The Bertz CT molecular complexity index is 475. The third-order valence-corrected chi connectivity index (χ3v) is 3.06. The van der Waals surface area contributed by atoms with E-state index in [1.165, 1.54) is 18.3 Å². The lowest BCUT2D eigenvalue weighted by Gasteiger charge is -2.28. The molecule has 6 heteroatoms. The van der Waals surface area contributed by atoms with Crippen LogP contribution in [-0.4, -0.2) is 39.8 Å². The first-order chi connectivity index (χ1) is 8.61. The van der Waals surface area contributed by atoms with Gasteiger partial charge >= 0.3 is 0 Å². The van der Waals surface area contributed by atoms with Crippen LogP contribution in [0.25, 0.3) is 0 Å². The van der Waals surface area contributed by atoms with Crippen molar-refractivity contribution in [2.75, 3.05) is 12.4 Å². The summed E-state index contributed by atoms with van der Waals surface area (Å²) in [6.07, 6.45) is 3.18. The predicted octanol–water partition coefficient (Wildman–Crippen LogP) is 0.598. The Kier molecular flexibility index (Phi) is 3.55. The normalized spacial score (nSPS) is 20.1. The minimum Gasteiger partial charge on any atom is -0.358 e. The van der Waals surface area contributed by atoms with Crippen molar-refractivity contribution in [3.8, 4) is 0 Å². The molecular formula is C12H16N4O2. The van der Waals surface area contributed by atoms with E-state index in [1.807, 2.05) is 13.0 Å². The van der Waals surface area contributed by atoms with Crippen molar-refractivity contribution >= 4 is 17.6 Å². The van der Waals surface area contributed by atoms with Gasteiger partial charge in [-0.15, -0.1) is 0 Å². The highest BCUT2D eigenvalue weighted by atomic mass is 16.2. The monoisotopic (exact) mass is 248 g/mol. The molecule has 18 heavy (non-hydrogen) atoms. The Morgan fingerprint density at radius 2 is 2.22 bits per heavy atom. The lowest BCUT2D eigenvalue weighted by Crippen LogP contribution is -2.48. The molecule has 0 aliphatic carbocycles. The summed E-state index contributed by atoms with van der Waals surface area (Å²) in [4.78, 5) is 32.6. The second-order valence-corrected chi connectivity index (χ2v) is 4.27. The first kappa shape index (κ1) is 12.5. The van der Waals surface area contributed by atoms with Crippen molar-refractivity contribution in [3.05, 3.63) is 18.1 Å². The number of hydrogen-bond donors (Lipinski definition) is 1. The number of aryl methyl sites for hydroxylation is 1. The fourth-order valence-corrected chi connectivity index (χ4v) is 1.90. The molecule has 1 N–H and O–H groups in total. The van der Waals surface area contributed by atoms with E-state index in [1.54, 1.807) is 0 Å². The fourth-order valence-electron chi connectivity index (χ4n) is 1.90. The third kappa shape index (κ3) is 2.47. The number of piperidine rings is 1. The van der Waals surface area contributed by atoms with E-state index in [0.29, 0.717) is 18.7 Å². The van der Waals surface area contributed by atoms with Crippen molar-refractivity contribution < 1.29 is 9.59 Å². The molecule has 1 aromatic rings. The highest BCUT2D eigenvalue weighted by Gasteiger charge is 2.31. The first-order valence-corrected chi connectivity index (χ1v) is 5.99. The van der Waals surface area contributed by atoms with Crippen LogP contribution in [0, 0.1) is 0 Å². The standard InChI is InChI=1S/C12H16N4O2/c1-3-8-6-10(14-7-13-8)15-9-4-5-11(17)16(2)12(9)18/h6-7,9H,3-5H2,1-2H3,(H,13,14,15). The van der Waals surface area contributed by atoms with E-state index in [2.05, 4.69) is 15.3 Å². The maximum Gasteiger partial charge on any atom is 0.251 e. The van der Waals surface area contributed by atoms with E-state index >= 15 is 0 Å². The molecule has 1 saturated heterocycles. The third-order valence-electron chi connectivity index (χ3n) is 3.06. The Hall–Kier alpha value is -1.98. The van der Waals surface area contributed by atoms with Crippen LogP contribution in [-0.2, 0) is 16.0 Å². The van der Waals surface area contributed by atoms with Gasteiger partial charge in [-0.05, 0) is 12.8 Å². The fraction of sp³-hybridized carbons (Fsp3) is 0.500. The van der Waals surface area contributed by atoms with Gasteiger partial charge in [0.05, 0.1) is 0 Å². The number of nitrogens with one attached hydrogen (secondary N) is 1. The van der Waals surface area contributed by atoms with Crippen molar-refractivity contribution in [2.45, 2.75) is 32.2 Å². The largest absolute Gasteiger partial charge is 0.358 e. The predicted molar refractivity (Wildman–Crippen MR) is 65.8 cm³/mol. The average Bonchev–Trinajstić information content (AvgIpc) is 2.40. The molecule has 0 saturated carbocycles. The molecule has 1 atom stereocenters. The van der Waals surface area contributed by atoms with Gasteiger partial charge in [-0.3, -0.25) is 14.5 Å². The Balaban J connectivity index is 2.09. The number of nitrogens with zero attached hydrogens (tertiary/aromatic N) is 3. The summed E-state index contributed by atoms with van der Waals surface area (Å²) in [5, 5.41) is 3.06. The molecule has 1 fully saturated rings. The van der Waals surface area contributed by atoms with Crippen molar-refractivity contribution in [2.24, 2.45) is 0 Å². The molecule has 0 radical (unpaired) electrons. The number of anilines is 1. The summed E-state index contributed by atoms with van der Waals surface area (Å²) in [7, 11) is 1.51. The number of imide groups is 1. The number of carbonyl (C=O) groups excluding carboxylic acids is 2. The summed E-state index contributed by atoms with van der Waals surface area (Å²) >= 11 is 0. The topological polar surface area (TPSA) is 75.2 Å². The number of likely N-dealkylation sites (tertiary alicyclic amines) is 1. The van der Waals surface area contributed by atoms with Crippen LogP contribution in [0.15, 0.2) is 12.4 Å².